The maximum absolute atomic E-state index is 13.2. The molecule has 0 saturated carbocycles. The van der Waals surface area contributed by atoms with Crippen LogP contribution in [0.2, 0.25) is 0 Å². The van der Waals surface area contributed by atoms with Gasteiger partial charge in [0.15, 0.2) is 0 Å². The summed E-state index contributed by atoms with van der Waals surface area (Å²) in [7, 11) is 0. The summed E-state index contributed by atoms with van der Waals surface area (Å²) in [6.45, 7) is 4.33. The van der Waals surface area contributed by atoms with Crippen molar-refractivity contribution in [1.29, 1.82) is 0 Å². The summed E-state index contributed by atoms with van der Waals surface area (Å²) in [4.78, 5) is 12.7. The summed E-state index contributed by atoms with van der Waals surface area (Å²) in [5.41, 5.74) is 2.54. The maximum Gasteiger partial charge on any atom is 0.255 e. The van der Waals surface area contributed by atoms with Crippen LogP contribution in [-0.4, -0.2) is 28.8 Å². The van der Waals surface area contributed by atoms with Gasteiger partial charge >= 0.3 is 0 Å². The highest BCUT2D eigenvalue weighted by Gasteiger charge is 2.19. The van der Waals surface area contributed by atoms with E-state index >= 15 is 0 Å². The first-order valence-corrected chi connectivity index (χ1v) is 9.75. The van der Waals surface area contributed by atoms with Crippen LogP contribution in [0.25, 0.3) is 16.5 Å². The second kappa shape index (κ2) is 8.37. The van der Waals surface area contributed by atoms with E-state index in [1.54, 1.807) is 23.7 Å². The number of nitrogens with zero attached hydrogens (tertiary/aromatic N) is 2. The first-order valence-electron chi connectivity index (χ1n) is 9.75. The zero-order valence-corrected chi connectivity index (χ0v) is 16.9. The number of aromatic nitrogens is 2. The van der Waals surface area contributed by atoms with E-state index in [1.807, 2.05) is 49.4 Å². The quantitative estimate of drug-likeness (QED) is 0.479. The van der Waals surface area contributed by atoms with Crippen LogP contribution >= 0.6 is 0 Å². The Bertz CT molecular complexity index is 1190. The molecule has 0 saturated heterocycles. The van der Waals surface area contributed by atoms with E-state index in [0.29, 0.717) is 35.8 Å². The molecule has 5 nitrogen and oxygen atoms in total. The molecule has 4 rings (SSSR count). The summed E-state index contributed by atoms with van der Waals surface area (Å²) < 4.78 is 20.7. The van der Waals surface area contributed by atoms with Crippen molar-refractivity contribution >= 4 is 16.7 Å². The van der Waals surface area contributed by atoms with Crippen molar-refractivity contribution in [3.05, 3.63) is 89.5 Å². The summed E-state index contributed by atoms with van der Waals surface area (Å²) in [5, 5.41) is 9.49. The van der Waals surface area contributed by atoms with E-state index in [9.17, 15) is 9.18 Å². The molecule has 30 heavy (non-hydrogen) atoms. The lowest BCUT2D eigenvalue weighted by Crippen LogP contribution is -2.29. The molecule has 6 heteroatoms. The molecule has 1 heterocycles. The molecule has 0 fully saturated rings. The van der Waals surface area contributed by atoms with E-state index in [-0.39, 0.29) is 11.7 Å². The minimum Gasteiger partial charge on any atom is -0.491 e. The summed E-state index contributed by atoms with van der Waals surface area (Å²) in [5.74, 6) is 0.267. The molecular formula is C24H22FN3O2. The van der Waals surface area contributed by atoms with E-state index in [2.05, 4.69) is 10.4 Å². The standard InChI is InChI=1S/C24H22FN3O2/c1-16-23(17(2)28(27-16)20-12-10-19(25)11-13-20)24(29)26-14-15-30-22-9-5-7-18-6-3-4-8-21(18)22/h3-13H,14-15H2,1-2H3,(H,26,29). The average Bonchev–Trinajstić information content (AvgIpc) is 3.05. The molecule has 1 aromatic heterocycles. The maximum atomic E-state index is 13.2. The number of hydrogen-bond donors (Lipinski definition) is 1. The lowest BCUT2D eigenvalue weighted by Gasteiger charge is -2.10. The highest BCUT2D eigenvalue weighted by molar-refractivity contribution is 5.96. The fraction of sp³-hybridized carbons (Fsp3) is 0.167. The molecule has 4 aromatic rings. The van der Waals surface area contributed by atoms with Crippen LogP contribution in [-0.2, 0) is 0 Å². The second-order valence-electron chi connectivity index (χ2n) is 7.02. The largest absolute Gasteiger partial charge is 0.491 e. The van der Waals surface area contributed by atoms with Crippen LogP contribution in [0.4, 0.5) is 4.39 Å². The number of nitrogens with one attached hydrogen (secondary N) is 1. The topological polar surface area (TPSA) is 56.2 Å². The molecular weight excluding hydrogens is 381 g/mol. The first kappa shape index (κ1) is 19.6. The van der Waals surface area contributed by atoms with Gasteiger partial charge in [-0.25, -0.2) is 9.07 Å². The molecule has 3 aromatic carbocycles. The van der Waals surface area contributed by atoms with Crippen molar-refractivity contribution < 1.29 is 13.9 Å². The zero-order valence-electron chi connectivity index (χ0n) is 16.9. The molecule has 0 aliphatic heterocycles. The normalized spacial score (nSPS) is 10.9. The first-order chi connectivity index (χ1) is 14.5. The van der Waals surface area contributed by atoms with Crippen LogP contribution in [0.5, 0.6) is 5.75 Å². The molecule has 152 valence electrons. The van der Waals surface area contributed by atoms with Gasteiger partial charge in [0, 0.05) is 5.39 Å². The number of ether oxygens (including phenoxy) is 1. The van der Waals surface area contributed by atoms with Crippen molar-refractivity contribution in [3.63, 3.8) is 0 Å². The Balaban J connectivity index is 1.41. The number of halogens is 1. The van der Waals surface area contributed by atoms with Crippen molar-refractivity contribution in [2.45, 2.75) is 13.8 Å². The third kappa shape index (κ3) is 3.89. The predicted octanol–water partition coefficient (Wildman–Crippen LogP) is 4.59. The number of fused-ring (bicyclic) bond motifs is 1. The van der Waals surface area contributed by atoms with Gasteiger partial charge in [-0.2, -0.15) is 5.10 Å². The Labute approximate surface area is 174 Å². The fourth-order valence-corrected chi connectivity index (χ4v) is 3.54. The zero-order chi connectivity index (χ0) is 21.1. The molecule has 0 unspecified atom stereocenters. The third-order valence-electron chi connectivity index (χ3n) is 4.98. The number of hydrogen-bond acceptors (Lipinski definition) is 3. The van der Waals surface area contributed by atoms with Gasteiger partial charge < -0.3 is 10.1 Å². The number of carbonyl (C=O) groups is 1. The second-order valence-corrected chi connectivity index (χ2v) is 7.02. The smallest absolute Gasteiger partial charge is 0.255 e. The fourth-order valence-electron chi connectivity index (χ4n) is 3.54. The van der Waals surface area contributed by atoms with Gasteiger partial charge in [-0.15, -0.1) is 0 Å². The number of carbonyl (C=O) groups excluding carboxylic acids is 1. The van der Waals surface area contributed by atoms with Gasteiger partial charge in [0.25, 0.3) is 5.91 Å². The monoisotopic (exact) mass is 403 g/mol. The molecule has 1 N–H and O–H groups in total. The van der Waals surface area contributed by atoms with E-state index < -0.39 is 0 Å². The molecule has 0 spiro atoms. The number of amides is 1. The average molecular weight is 403 g/mol. The number of benzene rings is 3. The highest BCUT2D eigenvalue weighted by atomic mass is 19.1. The third-order valence-corrected chi connectivity index (χ3v) is 4.98. The Morgan fingerprint density at radius 3 is 2.57 bits per heavy atom. The summed E-state index contributed by atoms with van der Waals surface area (Å²) in [6.07, 6.45) is 0. The minimum absolute atomic E-state index is 0.208. The highest BCUT2D eigenvalue weighted by Crippen LogP contribution is 2.25. The van der Waals surface area contributed by atoms with Crippen molar-refractivity contribution in [1.82, 2.24) is 15.1 Å². The minimum atomic E-state index is -0.315. The van der Waals surface area contributed by atoms with Gasteiger partial charge in [-0.3, -0.25) is 4.79 Å². The van der Waals surface area contributed by atoms with E-state index in [0.717, 1.165) is 16.5 Å². The molecule has 0 radical (unpaired) electrons. The molecule has 1 amide bonds. The Hall–Kier alpha value is -3.67. The SMILES string of the molecule is Cc1nn(-c2ccc(F)cc2)c(C)c1C(=O)NCCOc1cccc2ccccc12. The number of aryl methyl sites for hydroxylation is 1. The van der Waals surface area contributed by atoms with Gasteiger partial charge in [0.05, 0.1) is 29.2 Å². The molecule has 0 aliphatic rings. The lowest BCUT2D eigenvalue weighted by atomic mass is 10.1. The Morgan fingerprint density at radius 2 is 1.77 bits per heavy atom. The molecule has 0 bridgehead atoms. The predicted molar refractivity (Wildman–Crippen MR) is 115 cm³/mol. The molecule has 0 atom stereocenters. The van der Waals surface area contributed by atoms with Crippen LogP contribution in [0, 0.1) is 19.7 Å². The molecule has 0 aliphatic carbocycles. The number of rotatable bonds is 6. The van der Waals surface area contributed by atoms with Gasteiger partial charge in [0.1, 0.15) is 18.2 Å². The van der Waals surface area contributed by atoms with Crippen LogP contribution in [0.1, 0.15) is 21.7 Å². The van der Waals surface area contributed by atoms with E-state index in [1.165, 1.54) is 12.1 Å². The van der Waals surface area contributed by atoms with Crippen LogP contribution < -0.4 is 10.1 Å². The van der Waals surface area contributed by atoms with Gasteiger partial charge in [0.2, 0.25) is 0 Å². The van der Waals surface area contributed by atoms with Gasteiger partial charge in [-0.1, -0.05) is 36.4 Å². The van der Waals surface area contributed by atoms with E-state index in [4.69, 9.17) is 4.74 Å². The lowest BCUT2D eigenvalue weighted by molar-refractivity contribution is 0.0946. The summed E-state index contributed by atoms with van der Waals surface area (Å²) in [6, 6.07) is 19.9. The van der Waals surface area contributed by atoms with Crippen LogP contribution in [0.15, 0.2) is 66.7 Å². The summed E-state index contributed by atoms with van der Waals surface area (Å²) >= 11 is 0. The van der Waals surface area contributed by atoms with Crippen molar-refractivity contribution in [2.24, 2.45) is 0 Å². The van der Waals surface area contributed by atoms with Crippen molar-refractivity contribution in [3.8, 4) is 11.4 Å². The Morgan fingerprint density at radius 1 is 1.03 bits per heavy atom. The van der Waals surface area contributed by atoms with Gasteiger partial charge in [-0.05, 0) is 49.6 Å². The Kier molecular flexibility index (Phi) is 5.48. The van der Waals surface area contributed by atoms with Crippen LogP contribution in [0.3, 0.4) is 0 Å². The van der Waals surface area contributed by atoms with Crippen molar-refractivity contribution in [2.75, 3.05) is 13.2 Å².